The number of piperidine rings is 1. The number of aromatic nitrogens is 2. The average molecular weight is 444 g/mol. The summed E-state index contributed by atoms with van der Waals surface area (Å²) in [6.07, 6.45) is 7.91. The standard InChI is InChI=1S/C26H29N5O2/c32-25(31-26-28-11-2-12-29-26)20-7-8-24(23(15-20)19-5-6-19)30-21-3-1-4-22(16-21)33-17-18-9-13-27-14-10-18/h1-4,7-8,11-12,15-16,18-19,27,30H,5-6,9-10,13-14,17H2,(H,28,29,31,32). The van der Waals surface area contributed by atoms with Crippen LogP contribution >= 0.6 is 0 Å². The molecule has 0 atom stereocenters. The number of hydrogen-bond donors (Lipinski definition) is 3. The molecule has 1 aromatic heterocycles. The lowest BCUT2D eigenvalue weighted by Crippen LogP contribution is -2.30. The molecule has 0 spiro atoms. The molecular weight excluding hydrogens is 414 g/mol. The highest BCUT2D eigenvalue weighted by Crippen LogP contribution is 2.44. The fourth-order valence-electron chi connectivity index (χ4n) is 4.16. The van der Waals surface area contributed by atoms with Crippen molar-refractivity contribution in [2.24, 2.45) is 10.9 Å². The van der Waals surface area contributed by atoms with E-state index in [1.165, 1.54) is 12.8 Å². The number of ether oxygens (including phenoxy) is 1. The van der Waals surface area contributed by atoms with Gasteiger partial charge in [0.15, 0.2) is 0 Å². The van der Waals surface area contributed by atoms with Gasteiger partial charge in [-0.2, -0.15) is 4.99 Å². The van der Waals surface area contributed by atoms with Crippen LogP contribution in [0.25, 0.3) is 0 Å². The van der Waals surface area contributed by atoms with Gasteiger partial charge in [0.1, 0.15) is 5.75 Å². The summed E-state index contributed by atoms with van der Waals surface area (Å²) in [7, 11) is 0. The Kier molecular flexibility index (Phi) is 6.48. The van der Waals surface area contributed by atoms with Crippen molar-refractivity contribution in [2.75, 3.05) is 25.0 Å². The quantitative estimate of drug-likeness (QED) is 0.510. The van der Waals surface area contributed by atoms with Gasteiger partial charge in [-0.3, -0.25) is 4.79 Å². The molecular formula is C26H29N5O2. The van der Waals surface area contributed by atoms with E-state index in [-0.39, 0.29) is 5.91 Å². The molecule has 1 amide bonds. The Morgan fingerprint density at radius 3 is 2.76 bits per heavy atom. The molecule has 2 aromatic carbocycles. The number of hydrogen-bond acceptors (Lipinski definition) is 5. The molecule has 1 saturated heterocycles. The van der Waals surface area contributed by atoms with E-state index in [0.29, 0.717) is 23.0 Å². The minimum Gasteiger partial charge on any atom is -0.493 e. The van der Waals surface area contributed by atoms with E-state index in [1.54, 1.807) is 18.5 Å². The van der Waals surface area contributed by atoms with Crippen molar-refractivity contribution in [3.8, 4) is 5.75 Å². The summed E-state index contributed by atoms with van der Waals surface area (Å²) in [6.45, 7) is 2.91. The van der Waals surface area contributed by atoms with Crippen molar-refractivity contribution >= 4 is 17.3 Å². The van der Waals surface area contributed by atoms with Crippen LogP contribution in [0.2, 0.25) is 0 Å². The monoisotopic (exact) mass is 443 g/mol. The number of anilines is 2. The highest BCUT2D eigenvalue weighted by molar-refractivity contribution is 5.95. The maximum atomic E-state index is 12.7. The van der Waals surface area contributed by atoms with Crippen LogP contribution in [0.5, 0.6) is 5.75 Å². The summed E-state index contributed by atoms with van der Waals surface area (Å²) in [6, 6.07) is 15.6. The lowest BCUT2D eigenvalue weighted by molar-refractivity contribution is 0.0997. The van der Waals surface area contributed by atoms with Gasteiger partial charge in [-0.1, -0.05) is 6.07 Å². The molecule has 2 aliphatic rings. The second-order valence-corrected chi connectivity index (χ2v) is 8.76. The number of nitrogens with zero attached hydrogens (tertiary/aromatic N) is 2. The number of rotatable bonds is 7. The summed E-state index contributed by atoms with van der Waals surface area (Å²) in [5, 5.41) is 6.93. The fourth-order valence-corrected chi connectivity index (χ4v) is 4.16. The van der Waals surface area contributed by atoms with E-state index >= 15 is 0 Å². The smallest absolute Gasteiger partial charge is 0.280 e. The molecule has 0 bridgehead atoms. The minimum atomic E-state index is -0.299. The molecule has 1 saturated carbocycles. The molecule has 5 rings (SSSR count). The van der Waals surface area contributed by atoms with Gasteiger partial charge < -0.3 is 20.4 Å². The topological polar surface area (TPSA) is 91.4 Å². The maximum absolute atomic E-state index is 12.7. The van der Waals surface area contributed by atoms with E-state index in [1.807, 2.05) is 42.5 Å². The van der Waals surface area contributed by atoms with E-state index in [4.69, 9.17) is 4.74 Å². The molecule has 2 fully saturated rings. The van der Waals surface area contributed by atoms with Gasteiger partial charge in [0.05, 0.1) is 6.61 Å². The third-order valence-corrected chi connectivity index (χ3v) is 6.17. The molecule has 3 aromatic rings. The first-order valence-corrected chi connectivity index (χ1v) is 11.7. The first-order chi connectivity index (χ1) is 16.2. The lowest BCUT2D eigenvalue weighted by Gasteiger charge is -2.22. The zero-order valence-electron chi connectivity index (χ0n) is 18.6. The van der Waals surface area contributed by atoms with Crippen molar-refractivity contribution < 1.29 is 9.53 Å². The molecule has 1 aliphatic carbocycles. The van der Waals surface area contributed by atoms with Crippen LogP contribution in [0.15, 0.2) is 65.9 Å². The predicted octanol–water partition coefficient (Wildman–Crippen LogP) is 4.15. The second-order valence-electron chi connectivity index (χ2n) is 8.76. The fraction of sp³-hybridized carbons (Fsp3) is 0.346. The summed E-state index contributed by atoms with van der Waals surface area (Å²) in [5.41, 5.74) is 4.03. The normalized spacial score (nSPS) is 17.0. The van der Waals surface area contributed by atoms with Crippen molar-refractivity contribution in [1.29, 1.82) is 0 Å². The number of carbonyl (C=O) groups is 1. The number of H-pyrrole nitrogens is 1. The van der Waals surface area contributed by atoms with Crippen LogP contribution in [0.3, 0.4) is 0 Å². The Balaban J connectivity index is 1.31. The first kappa shape index (κ1) is 21.4. The Bertz CT molecular complexity index is 1160. The largest absolute Gasteiger partial charge is 0.493 e. The van der Waals surface area contributed by atoms with Crippen molar-refractivity contribution in [3.63, 3.8) is 0 Å². The Labute approximate surface area is 193 Å². The molecule has 2 heterocycles. The lowest BCUT2D eigenvalue weighted by atomic mass is 9.99. The molecule has 7 nitrogen and oxygen atoms in total. The van der Waals surface area contributed by atoms with Crippen molar-refractivity contribution in [2.45, 2.75) is 31.6 Å². The summed E-state index contributed by atoms with van der Waals surface area (Å²) < 4.78 is 6.09. The number of nitrogens with one attached hydrogen (secondary N) is 3. The molecule has 3 N–H and O–H groups in total. The van der Waals surface area contributed by atoms with Crippen molar-refractivity contribution in [3.05, 3.63) is 77.7 Å². The summed E-state index contributed by atoms with van der Waals surface area (Å²) in [4.78, 5) is 23.7. The Hall–Kier alpha value is -3.45. The highest BCUT2D eigenvalue weighted by atomic mass is 16.5. The van der Waals surface area contributed by atoms with Gasteiger partial charge in [0, 0.05) is 35.4 Å². The van der Waals surface area contributed by atoms with Gasteiger partial charge in [-0.05, 0) is 92.6 Å². The molecule has 0 unspecified atom stereocenters. The SMILES string of the molecule is O=C(N=c1nccc[nH]1)c1ccc(Nc2cccc(OCC3CCNCC3)c2)c(C2CC2)c1. The predicted molar refractivity (Wildman–Crippen MR) is 128 cm³/mol. The van der Waals surface area contributed by atoms with E-state index in [0.717, 1.165) is 55.2 Å². The number of aromatic amines is 1. The van der Waals surface area contributed by atoms with Crippen LogP contribution in [0.4, 0.5) is 11.4 Å². The first-order valence-electron chi connectivity index (χ1n) is 11.7. The zero-order valence-corrected chi connectivity index (χ0v) is 18.6. The number of carbonyl (C=O) groups excluding carboxylic acids is 1. The van der Waals surface area contributed by atoms with Gasteiger partial charge in [-0.25, -0.2) is 4.98 Å². The summed E-state index contributed by atoms with van der Waals surface area (Å²) in [5.74, 6) is 1.67. The van der Waals surface area contributed by atoms with Crippen LogP contribution in [0, 0.1) is 5.92 Å². The van der Waals surface area contributed by atoms with Gasteiger partial charge >= 0.3 is 0 Å². The minimum absolute atomic E-state index is 0.299. The molecule has 33 heavy (non-hydrogen) atoms. The van der Waals surface area contributed by atoms with Crippen LogP contribution in [-0.4, -0.2) is 35.6 Å². The molecule has 1 aliphatic heterocycles. The van der Waals surface area contributed by atoms with Crippen LogP contribution in [0.1, 0.15) is 47.5 Å². The molecule has 0 radical (unpaired) electrons. The zero-order chi connectivity index (χ0) is 22.5. The second kappa shape index (κ2) is 10.0. The van der Waals surface area contributed by atoms with E-state index in [9.17, 15) is 4.79 Å². The molecule has 170 valence electrons. The van der Waals surface area contributed by atoms with E-state index in [2.05, 4.69) is 25.6 Å². The average Bonchev–Trinajstić information content (AvgIpc) is 3.70. The number of amides is 1. The Morgan fingerprint density at radius 2 is 1.97 bits per heavy atom. The third kappa shape index (κ3) is 5.68. The van der Waals surface area contributed by atoms with Gasteiger partial charge in [0.2, 0.25) is 5.62 Å². The van der Waals surface area contributed by atoms with Gasteiger partial charge in [-0.15, -0.1) is 0 Å². The molecule has 7 heteroatoms. The highest BCUT2D eigenvalue weighted by Gasteiger charge is 2.27. The third-order valence-electron chi connectivity index (χ3n) is 6.17. The number of benzene rings is 2. The van der Waals surface area contributed by atoms with E-state index < -0.39 is 0 Å². The van der Waals surface area contributed by atoms with Crippen molar-refractivity contribution in [1.82, 2.24) is 15.3 Å². The van der Waals surface area contributed by atoms with Crippen LogP contribution < -0.4 is 21.0 Å². The van der Waals surface area contributed by atoms with Crippen LogP contribution in [-0.2, 0) is 0 Å². The Morgan fingerprint density at radius 1 is 1.09 bits per heavy atom. The maximum Gasteiger partial charge on any atom is 0.280 e. The van der Waals surface area contributed by atoms with Gasteiger partial charge in [0.25, 0.3) is 5.91 Å². The summed E-state index contributed by atoms with van der Waals surface area (Å²) >= 11 is 0.